The Labute approximate surface area is 140 Å². The van der Waals surface area contributed by atoms with Gasteiger partial charge in [-0.25, -0.2) is 4.79 Å². The molecule has 1 aromatic carbocycles. The van der Waals surface area contributed by atoms with Gasteiger partial charge in [-0.15, -0.1) is 0 Å². The lowest BCUT2D eigenvalue weighted by molar-refractivity contribution is 0.0824. The molecular formula is C15H22ClN3O4. The van der Waals surface area contributed by atoms with Crippen molar-refractivity contribution in [3.05, 3.63) is 22.7 Å². The van der Waals surface area contributed by atoms with Crippen molar-refractivity contribution >= 4 is 29.2 Å². The summed E-state index contributed by atoms with van der Waals surface area (Å²) in [6.07, 6.45) is 0.435. The molecule has 0 aliphatic rings. The molecule has 0 aromatic heterocycles. The molecule has 3 N–H and O–H groups in total. The molecule has 0 saturated heterocycles. The third-order valence-electron chi connectivity index (χ3n) is 3.08. The van der Waals surface area contributed by atoms with E-state index in [1.807, 2.05) is 0 Å². The highest BCUT2D eigenvalue weighted by molar-refractivity contribution is 6.31. The van der Waals surface area contributed by atoms with Gasteiger partial charge >= 0.3 is 6.03 Å². The number of urea groups is 1. The third-order valence-corrected chi connectivity index (χ3v) is 3.30. The number of methoxy groups -OCH3 is 1. The molecule has 0 unspecified atom stereocenters. The molecule has 1 aromatic rings. The van der Waals surface area contributed by atoms with Crippen molar-refractivity contribution in [2.24, 2.45) is 0 Å². The van der Waals surface area contributed by atoms with Crippen molar-refractivity contribution in [1.29, 1.82) is 0 Å². The maximum atomic E-state index is 12.2. The van der Waals surface area contributed by atoms with Crippen LogP contribution in [0.25, 0.3) is 0 Å². The minimum absolute atomic E-state index is 0.0244. The van der Waals surface area contributed by atoms with Gasteiger partial charge in [0.15, 0.2) is 5.75 Å². The molecule has 0 heterocycles. The molecule has 8 heteroatoms. The van der Waals surface area contributed by atoms with E-state index in [1.54, 1.807) is 21.0 Å². The molecule has 128 valence electrons. The fraction of sp³-hybridized carbons (Fsp3) is 0.467. The Hall–Kier alpha value is -1.99. The van der Waals surface area contributed by atoms with Gasteiger partial charge in [0, 0.05) is 31.8 Å². The van der Waals surface area contributed by atoms with E-state index in [0.717, 1.165) is 0 Å². The summed E-state index contributed by atoms with van der Waals surface area (Å²) in [5.74, 6) is -0.0560. The lowest BCUT2D eigenvalue weighted by Gasteiger charge is -2.18. The van der Waals surface area contributed by atoms with E-state index in [4.69, 9.17) is 21.4 Å². The van der Waals surface area contributed by atoms with Crippen LogP contribution in [0.15, 0.2) is 12.1 Å². The number of nitrogens with zero attached hydrogens (tertiary/aromatic N) is 1. The number of benzene rings is 1. The predicted octanol–water partition coefficient (Wildman–Crippen LogP) is 1.94. The highest BCUT2D eigenvalue weighted by Crippen LogP contribution is 2.33. The van der Waals surface area contributed by atoms with E-state index in [1.165, 1.54) is 24.1 Å². The second-order valence-electron chi connectivity index (χ2n) is 5.25. The topological polar surface area (TPSA) is 90.9 Å². The molecule has 3 amide bonds. The quantitative estimate of drug-likeness (QED) is 0.736. The first-order valence-electron chi connectivity index (χ1n) is 7.07. The summed E-state index contributed by atoms with van der Waals surface area (Å²) < 4.78 is 5.27. The zero-order valence-corrected chi connectivity index (χ0v) is 14.4. The lowest BCUT2D eigenvalue weighted by Crippen LogP contribution is -2.36. The Bertz CT molecular complexity index is 578. The van der Waals surface area contributed by atoms with E-state index in [0.29, 0.717) is 17.1 Å². The van der Waals surface area contributed by atoms with E-state index in [-0.39, 0.29) is 29.9 Å². The predicted molar refractivity (Wildman–Crippen MR) is 89.3 cm³/mol. The fourth-order valence-electron chi connectivity index (χ4n) is 1.95. The second kappa shape index (κ2) is 8.59. The number of carbonyl (C=O) groups excluding carboxylic acids is 2. The van der Waals surface area contributed by atoms with Gasteiger partial charge in [-0.2, -0.15) is 0 Å². The summed E-state index contributed by atoms with van der Waals surface area (Å²) in [6.45, 7) is 1.75. The van der Waals surface area contributed by atoms with Crippen LogP contribution >= 0.6 is 11.6 Å². The van der Waals surface area contributed by atoms with Gasteiger partial charge in [-0.1, -0.05) is 11.6 Å². The second-order valence-corrected chi connectivity index (χ2v) is 5.68. The smallest absolute Gasteiger partial charge is 0.319 e. The Morgan fingerprint density at radius 3 is 2.57 bits per heavy atom. The molecule has 0 saturated carbocycles. The zero-order valence-electron chi connectivity index (χ0n) is 13.6. The first-order valence-corrected chi connectivity index (χ1v) is 7.45. The molecule has 7 nitrogen and oxygen atoms in total. The average molecular weight is 344 g/mol. The number of ether oxygens (including phenoxy) is 1. The van der Waals surface area contributed by atoms with Crippen LogP contribution in [0.4, 0.5) is 10.5 Å². The number of nitrogens with one attached hydrogen (secondary N) is 2. The molecule has 0 fully saturated rings. The number of halogens is 1. The van der Waals surface area contributed by atoms with Gasteiger partial charge in [-0.3, -0.25) is 4.79 Å². The van der Waals surface area contributed by atoms with Gasteiger partial charge in [0.25, 0.3) is 5.91 Å². The van der Waals surface area contributed by atoms with Gasteiger partial charge in [0.1, 0.15) is 0 Å². The molecule has 0 bridgehead atoms. The van der Waals surface area contributed by atoms with E-state index < -0.39 is 6.03 Å². The Balaban J connectivity index is 3.06. The number of carbonyl (C=O) groups is 2. The SMILES string of the molecule is COc1c(NC(=O)N[C@H](C)CCO)cc(Cl)cc1C(=O)N(C)C. The molecule has 0 radical (unpaired) electrons. The van der Waals surface area contributed by atoms with Crippen LogP contribution in [-0.4, -0.2) is 55.8 Å². The standard InChI is InChI=1S/C15H22ClN3O4/c1-9(5-6-20)17-15(22)18-12-8-10(16)7-11(13(12)23-4)14(21)19(2)3/h7-9,20H,5-6H2,1-4H3,(H2,17,18,22)/t9-/m1/s1. The zero-order chi connectivity index (χ0) is 17.6. The highest BCUT2D eigenvalue weighted by atomic mass is 35.5. The van der Waals surface area contributed by atoms with Gasteiger partial charge in [0.05, 0.1) is 18.4 Å². The minimum atomic E-state index is -0.477. The van der Waals surface area contributed by atoms with Crippen molar-refractivity contribution in [2.45, 2.75) is 19.4 Å². The Morgan fingerprint density at radius 2 is 2.04 bits per heavy atom. The van der Waals surface area contributed by atoms with Gasteiger partial charge in [-0.05, 0) is 25.5 Å². The highest BCUT2D eigenvalue weighted by Gasteiger charge is 2.20. The van der Waals surface area contributed by atoms with Crippen molar-refractivity contribution in [1.82, 2.24) is 10.2 Å². The number of rotatable bonds is 6. The lowest BCUT2D eigenvalue weighted by atomic mass is 10.1. The van der Waals surface area contributed by atoms with E-state index in [9.17, 15) is 9.59 Å². The Kier molecular flexibility index (Phi) is 7.12. The number of amides is 3. The summed E-state index contributed by atoms with van der Waals surface area (Å²) in [5.41, 5.74) is 0.544. The van der Waals surface area contributed by atoms with Crippen LogP contribution in [0.5, 0.6) is 5.75 Å². The molecule has 0 spiro atoms. The van der Waals surface area contributed by atoms with Crippen molar-refractivity contribution < 1.29 is 19.4 Å². The summed E-state index contributed by atoms with van der Waals surface area (Å²) in [4.78, 5) is 25.6. The number of anilines is 1. The fourth-order valence-corrected chi connectivity index (χ4v) is 2.17. The third kappa shape index (κ3) is 5.30. The van der Waals surface area contributed by atoms with Crippen LogP contribution < -0.4 is 15.4 Å². The number of hydrogen-bond donors (Lipinski definition) is 3. The first-order chi connectivity index (χ1) is 10.8. The van der Waals surface area contributed by atoms with Gasteiger partial charge in [0.2, 0.25) is 0 Å². The van der Waals surface area contributed by atoms with Crippen molar-refractivity contribution in [2.75, 3.05) is 33.1 Å². The Morgan fingerprint density at radius 1 is 1.39 bits per heavy atom. The van der Waals surface area contributed by atoms with E-state index >= 15 is 0 Å². The normalized spacial score (nSPS) is 11.6. The summed E-state index contributed by atoms with van der Waals surface area (Å²) in [7, 11) is 4.63. The molecule has 23 heavy (non-hydrogen) atoms. The molecule has 0 aliphatic carbocycles. The van der Waals surface area contributed by atoms with Crippen molar-refractivity contribution in [3.8, 4) is 5.75 Å². The molecule has 1 atom stereocenters. The van der Waals surface area contributed by atoms with E-state index in [2.05, 4.69) is 10.6 Å². The molecule has 0 aliphatic heterocycles. The average Bonchev–Trinajstić information content (AvgIpc) is 2.45. The maximum Gasteiger partial charge on any atom is 0.319 e. The van der Waals surface area contributed by atoms with Crippen LogP contribution in [0, 0.1) is 0 Å². The summed E-state index contributed by atoms with van der Waals surface area (Å²) in [6, 6.07) is 2.31. The van der Waals surface area contributed by atoms with Crippen molar-refractivity contribution in [3.63, 3.8) is 0 Å². The number of aliphatic hydroxyl groups is 1. The van der Waals surface area contributed by atoms with Crippen LogP contribution in [0.2, 0.25) is 5.02 Å². The largest absolute Gasteiger partial charge is 0.494 e. The summed E-state index contributed by atoms with van der Waals surface area (Å²) >= 11 is 6.04. The number of aliphatic hydroxyl groups excluding tert-OH is 1. The molecular weight excluding hydrogens is 322 g/mol. The van der Waals surface area contributed by atoms with Crippen LogP contribution in [0.3, 0.4) is 0 Å². The summed E-state index contributed by atoms with van der Waals surface area (Å²) in [5, 5.41) is 14.4. The maximum absolute atomic E-state index is 12.2. The number of hydrogen-bond acceptors (Lipinski definition) is 4. The molecule has 1 rings (SSSR count). The van der Waals surface area contributed by atoms with Crippen LogP contribution in [0.1, 0.15) is 23.7 Å². The van der Waals surface area contributed by atoms with Gasteiger partial charge < -0.3 is 25.4 Å². The first kappa shape index (κ1) is 19.1. The minimum Gasteiger partial charge on any atom is -0.494 e. The monoisotopic (exact) mass is 343 g/mol. The van der Waals surface area contributed by atoms with Crippen LogP contribution in [-0.2, 0) is 0 Å².